The van der Waals surface area contributed by atoms with E-state index in [1.807, 2.05) is 4.57 Å². The molecule has 1 aromatic carbocycles. The van der Waals surface area contributed by atoms with E-state index in [2.05, 4.69) is 18.8 Å². The van der Waals surface area contributed by atoms with Gasteiger partial charge in [-0.3, -0.25) is 18.7 Å². The zero-order valence-corrected chi connectivity index (χ0v) is 18.7. The fourth-order valence-electron chi connectivity index (χ4n) is 3.69. The van der Waals surface area contributed by atoms with Crippen LogP contribution in [0.5, 0.6) is 5.75 Å². The maximum atomic E-state index is 13.4. The molecule has 0 N–H and O–H groups in total. The largest absolute Gasteiger partial charge is 0.496 e. The second kappa shape index (κ2) is 9.76. The van der Waals surface area contributed by atoms with Crippen molar-refractivity contribution in [2.45, 2.75) is 66.1 Å². The highest BCUT2D eigenvalue weighted by atomic mass is 16.5. The number of nitrogens with zero attached hydrogens (tertiary/aromatic N) is 4. The summed E-state index contributed by atoms with van der Waals surface area (Å²) in [7, 11) is 1.53. The van der Waals surface area contributed by atoms with Crippen molar-refractivity contribution >= 4 is 16.9 Å². The van der Waals surface area contributed by atoms with E-state index in [9.17, 15) is 14.4 Å². The van der Waals surface area contributed by atoms with Crippen molar-refractivity contribution in [2.24, 2.45) is 0 Å². The lowest BCUT2D eigenvalue weighted by molar-refractivity contribution is 0.101. The van der Waals surface area contributed by atoms with Gasteiger partial charge in [0.1, 0.15) is 5.75 Å². The molecule has 8 nitrogen and oxygen atoms in total. The number of aromatic nitrogens is 4. The monoisotopic (exact) mass is 426 g/mol. The van der Waals surface area contributed by atoms with Crippen molar-refractivity contribution in [1.82, 2.24) is 18.7 Å². The van der Waals surface area contributed by atoms with E-state index < -0.39 is 5.69 Å². The molecule has 0 atom stereocenters. The van der Waals surface area contributed by atoms with Gasteiger partial charge < -0.3 is 9.30 Å². The molecule has 0 aliphatic heterocycles. The lowest BCUT2D eigenvalue weighted by Gasteiger charge is -2.14. The van der Waals surface area contributed by atoms with Crippen LogP contribution in [0, 0.1) is 0 Å². The summed E-state index contributed by atoms with van der Waals surface area (Å²) in [5, 5.41) is 0. The van der Waals surface area contributed by atoms with E-state index in [1.54, 1.807) is 29.1 Å². The van der Waals surface area contributed by atoms with Gasteiger partial charge in [0.25, 0.3) is 5.56 Å². The van der Waals surface area contributed by atoms with E-state index in [-0.39, 0.29) is 17.9 Å². The molecule has 0 spiro atoms. The molecule has 0 amide bonds. The molecule has 0 radical (unpaired) electrons. The molecule has 2 aromatic heterocycles. The first-order chi connectivity index (χ1) is 14.9. The summed E-state index contributed by atoms with van der Waals surface area (Å²) in [6.45, 7) is 6.79. The molecule has 0 aliphatic rings. The fourth-order valence-corrected chi connectivity index (χ4v) is 3.69. The number of carbonyl (C=O) groups excluding carboxylic acids is 1. The maximum Gasteiger partial charge on any atom is 0.333 e. The molecule has 8 heteroatoms. The Labute approximate surface area is 181 Å². The van der Waals surface area contributed by atoms with Gasteiger partial charge in [-0.1, -0.05) is 26.7 Å². The van der Waals surface area contributed by atoms with Gasteiger partial charge in [-0.15, -0.1) is 0 Å². The number of benzene rings is 1. The average Bonchev–Trinajstić information content (AvgIpc) is 3.18. The molecule has 2 heterocycles. The van der Waals surface area contributed by atoms with Crippen LogP contribution < -0.4 is 16.0 Å². The Morgan fingerprint density at radius 1 is 1.06 bits per heavy atom. The number of imidazole rings is 1. The molecule has 31 heavy (non-hydrogen) atoms. The number of ether oxygens (including phenoxy) is 1. The Hall–Kier alpha value is -3.16. The summed E-state index contributed by atoms with van der Waals surface area (Å²) in [5.74, 6) is 0.431. The van der Waals surface area contributed by atoms with Crippen LogP contribution in [0.3, 0.4) is 0 Å². The molecule has 0 bridgehead atoms. The lowest BCUT2D eigenvalue weighted by Crippen LogP contribution is -2.41. The third-order valence-electron chi connectivity index (χ3n) is 5.49. The first kappa shape index (κ1) is 22.5. The van der Waals surface area contributed by atoms with Crippen molar-refractivity contribution in [3.63, 3.8) is 0 Å². The predicted molar refractivity (Wildman–Crippen MR) is 120 cm³/mol. The second-order valence-electron chi connectivity index (χ2n) is 7.73. The Kier molecular flexibility index (Phi) is 7.09. The standard InChI is InChI=1S/C23H30N4O4/c1-5-7-11-25-15-24-21-20(25)22(29)27(23(30)26(21)12-8-6-2)14-18-13-17(16(3)28)9-10-19(18)31-4/h9-10,13,15H,5-8,11-12,14H2,1-4H3. The van der Waals surface area contributed by atoms with Gasteiger partial charge in [0, 0.05) is 24.2 Å². The number of Topliss-reactive ketones (excluding diaryl/α,β-unsaturated/α-hetero) is 1. The molecule has 0 saturated heterocycles. The summed E-state index contributed by atoms with van der Waals surface area (Å²) in [6, 6.07) is 5.05. The number of carbonyl (C=O) groups is 1. The van der Waals surface area contributed by atoms with Crippen molar-refractivity contribution in [2.75, 3.05) is 7.11 Å². The molecule has 0 fully saturated rings. The van der Waals surface area contributed by atoms with Crippen LogP contribution in [-0.2, 0) is 19.6 Å². The summed E-state index contributed by atoms with van der Waals surface area (Å²) in [6.07, 6.45) is 5.26. The fraction of sp³-hybridized carbons (Fsp3) is 0.478. The van der Waals surface area contributed by atoms with E-state index in [0.29, 0.717) is 41.1 Å². The van der Waals surface area contributed by atoms with Crippen molar-refractivity contribution in [3.8, 4) is 5.75 Å². The van der Waals surface area contributed by atoms with Gasteiger partial charge in [-0.25, -0.2) is 9.78 Å². The van der Waals surface area contributed by atoms with Crippen LogP contribution in [0.15, 0.2) is 34.1 Å². The molecular weight excluding hydrogens is 396 g/mol. The van der Waals surface area contributed by atoms with Crippen LogP contribution in [0.4, 0.5) is 0 Å². The number of rotatable bonds is 10. The molecular formula is C23H30N4O4. The minimum absolute atomic E-state index is 0.0168. The summed E-state index contributed by atoms with van der Waals surface area (Å²) < 4.78 is 10.1. The number of methoxy groups -OCH3 is 1. The van der Waals surface area contributed by atoms with Crippen LogP contribution in [0.2, 0.25) is 0 Å². The van der Waals surface area contributed by atoms with E-state index in [0.717, 1.165) is 25.7 Å². The normalized spacial score (nSPS) is 11.2. The van der Waals surface area contributed by atoms with Gasteiger partial charge in [-0.2, -0.15) is 0 Å². The minimum atomic E-state index is -0.401. The third kappa shape index (κ3) is 4.47. The topological polar surface area (TPSA) is 88.1 Å². The average molecular weight is 427 g/mol. The highest BCUT2D eigenvalue weighted by Crippen LogP contribution is 2.21. The van der Waals surface area contributed by atoms with E-state index in [1.165, 1.54) is 18.6 Å². The number of aryl methyl sites for hydroxylation is 2. The minimum Gasteiger partial charge on any atom is -0.496 e. The van der Waals surface area contributed by atoms with Crippen molar-refractivity contribution in [3.05, 3.63) is 56.5 Å². The summed E-state index contributed by atoms with van der Waals surface area (Å²) in [4.78, 5) is 43.0. The molecule has 166 valence electrons. The zero-order chi connectivity index (χ0) is 22.5. The molecule has 3 aromatic rings. The Morgan fingerprint density at radius 3 is 2.42 bits per heavy atom. The number of unbranched alkanes of at least 4 members (excludes halogenated alkanes) is 2. The smallest absolute Gasteiger partial charge is 0.333 e. The predicted octanol–water partition coefficient (Wildman–Crippen LogP) is 3.22. The van der Waals surface area contributed by atoms with Gasteiger partial charge in [0.2, 0.25) is 0 Å². The van der Waals surface area contributed by atoms with Crippen molar-refractivity contribution in [1.29, 1.82) is 0 Å². The number of ketones is 1. The first-order valence-electron chi connectivity index (χ1n) is 10.8. The summed E-state index contributed by atoms with van der Waals surface area (Å²) >= 11 is 0. The Balaban J connectivity index is 2.22. The Bertz CT molecular complexity index is 1200. The van der Waals surface area contributed by atoms with E-state index in [4.69, 9.17) is 4.74 Å². The van der Waals surface area contributed by atoms with Crippen LogP contribution in [-0.4, -0.2) is 31.6 Å². The maximum absolute atomic E-state index is 13.4. The van der Waals surface area contributed by atoms with Gasteiger partial charge in [0.15, 0.2) is 16.9 Å². The van der Waals surface area contributed by atoms with Crippen LogP contribution >= 0.6 is 0 Å². The number of fused-ring (bicyclic) bond motifs is 1. The lowest BCUT2D eigenvalue weighted by atomic mass is 10.1. The van der Waals surface area contributed by atoms with Crippen LogP contribution in [0.25, 0.3) is 11.2 Å². The highest BCUT2D eigenvalue weighted by Gasteiger charge is 2.19. The SMILES string of the molecule is CCCCn1cnc2c1c(=O)n(Cc1cc(C(C)=O)ccc1OC)c(=O)n2CCCC. The quantitative estimate of drug-likeness (QED) is 0.465. The van der Waals surface area contributed by atoms with Gasteiger partial charge in [0.05, 0.1) is 20.0 Å². The third-order valence-corrected chi connectivity index (χ3v) is 5.49. The van der Waals surface area contributed by atoms with Gasteiger partial charge in [-0.05, 0) is 38.0 Å². The van der Waals surface area contributed by atoms with Gasteiger partial charge >= 0.3 is 5.69 Å². The molecule has 0 aliphatic carbocycles. The Morgan fingerprint density at radius 2 is 1.77 bits per heavy atom. The highest BCUT2D eigenvalue weighted by molar-refractivity contribution is 5.94. The van der Waals surface area contributed by atoms with Crippen LogP contribution in [0.1, 0.15) is 62.4 Å². The second-order valence-corrected chi connectivity index (χ2v) is 7.73. The number of hydrogen-bond acceptors (Lipinski definition) is 5. The number of hydrogen-bond donors (Lipinski definition) is 0. The molecule has 0 unspecified atom stereocenters. The van der Waals surface area contributed by atoms with E-state index >= 15 is 0 Å². The molecule has 3 rings (SSSR count). The first-order valence-corrected chi connectivity index (χ1v) is 10.8. The zero-order valence-electron chi connectivity index (χ0n) is 18.7. The molecule has 0 saturated carbocycles. The van der Waals surface area contributed by atoms with Crippen molar-refractivity contribution < 1.29 is 9.53 Å². The summed E-state index contributed by atoms with van der Waals surface area (Å²) in [5.41, 5.74) is 1.20.